The fraction of sp³-hybridized carbons (Fsp3) is 0.636. The first-order valence-corrected chi connectivity index (χ1v) is 12.6. The van der Waals surface area contributed by atoms with Gasteiger partial charge in [0.1, 0.15) is 0 Å². The lowest BCUT2D eigenvalue weighted by Gasteiger charge is -2.57. The largest absolute Gasteiger partial charge is 0.341 e. The highest BCUT2D eigenvalue weighted by molar-refractivity contribution is 7.92. The number of anilines is 2. The van der Waals surface area contributed by atoms with E-state index in [1.54, 1.807) is 24.1 Å². The maximum absolute atomic E-state index is 13.4. The Labute approximate surface area is 178 Å². The molecule has 8 heteroatoms. The van der Waals surface area contributed by atoms with Crippen LogP contribution in [-0.2, 0) is 14.8 Å². The first-order valence-electron chi connectivity index (χ1n) is 10.7. The van der Waals surface area contributed by atoms with Crippen molar-refractivity contribution in [3.8, 4) is 0 Å². The second kappa shape index (κ2) is 7.55. The van der Waals surface area contributed by atoms with Gasteiger partial charge in [0.2, 0.25) is 15.9 Å². The molecule has 7 nitrogen and oxygen atoms in total. The first-order chi connectivity index (χ1) is 14.0. The van der Waals surface area contributed by atoms with E-state index in [4.69, 9.17) is 0 Å². The Hall–Kier alpha value is -2.09. The van der Waals surface area contributed by atoms with E-state index in [9.17, 15) is 18.0 Å². The van der Waals surface area contributed by atoms with Gasteiger partial charge in [0, 0.05) is 26.2 Å². The summed E-state index contributed by atoms with van der Waals surface area (Å²) < 4.78 is 26.0. The number of benzene rings is 1. The molecule has 5 rings (SSSR count). The molecular formula is C22H31N3O4S. The molecule has 4 fully saturated rings. The number of hydrogen-bond acceptors (Lipinski definition) is 4. The van der Waals surface area contributed by atoms with Gasteiger partial charge in [-0.3, -0.25) is 14.3 Å². The molecule has 4 saturated carbocycles. The topological polar surface area (TPSA) is 95.6 Å². The minimum Gasteiger partial charge on any atom is -0.341 e. The van der Waals surface area contributed by atoms with E-state index >= 15 is 0 Å². The molecule has 1 aromatic carbocycles. The predicted octanol–water partition coefficient (Wildman–Crippen LogP) is 3.30. The van der Waals surface area contributed by atoms with E-state index in [0.717, 1.165) is 24.0 Å². The third-order valence-corrected chi connectivity index (χ3v) is 7.54. The van der Waals surface area contributed by atoms with Crippen LogP contribution < -0.4 is 10.0 Å². The van der Waals surface area contributed by atoms with Crippen molar-refractivity contribution in [2.24, 2.45) is 23.2 Å². The van der Waals surface area contributed by atoms with Gasteiger partial charge < -0.3 is 10.2 Å². The number of carbonyl (C=O) groups excluding carboxylic acids is 2. The van der Waals surface area contributed by atoms with Crippen LogP contribution in [0.1, 0.15) is 55.8 Å². The number of amides is 2. The Kier molecular flexibility index (Phi) is 5.33. The van der Waals surface area contributed by atoms with Crippen LogP contribution in [0, 0.1) is 23.2 Å². The van der Waals surface area contributed by atoms with Gasteiger partial charge in [-0.2, -0.15) is 0 Å². The number of carbonyl (C=O) groups is 2. The van der Waals surface area contributed by atoms with Gasteiger partial charge in [-0.15, -0.1) is 0 Å². The molecule has 4 bridgehead atoms. The maximum Gasteiger partial charge on any atom is 0.255 e. The van der Waals surface area contributed by atoms with Crippen LogP contribution in [0.25, 0.3) is 0 Å². The minimum atomic E-state index is -3.55. The van der Waals surface area contributed by atoms with Crippen LogP contribution in [0.2, 0.25) is 0 Å². The monoisotopic (exact) mass is 433 g/mol. The fourth-order valence-corrected chi connectivity index (χ4v) is 7.13. The van der Waals surface area contributed by atoms with Crippen molar-refractivity contribution in [3.63, 3.8) is 0 Å². The Balaban J connectivity index is 1.58. The molecule has 4 aliphatic rings. The summed E-state index contributed by atoms with van der Waals surface area (Å²) in [5.41, 5.74) is 1.14. The number of rotatable bonds is 6. The zero-order valence-corrected chi connectivity index (χ0v) is 18.7. The molecule has 0 unspecified atom stereocenters. The van der Waals surface area contributed by atoms with Gasteiger partial charge in [0.25, 0.3) is 5.91 Å². The van der Waals surface area contributed by atoms with Gasteiger partial charge in [-0.25, -0.2) is 8.42 Å². The van der Waals surface area contributed by atoms with Gasteiger partial charge in [0.15, 0.2) is 0 Å². The molecule has 1 aromatic rings. The smallest absolute Gasteiger partial charge is 0.255 e. The lowest BCUT2D eigenvalue weighted by molar-refractivity contribution is -0.114. The quantitative estimate of drug-likeness (QED) is 0.719. The number of nitrogens with one attached hydrogen (secondary N) is 2. The summed E-state index contributed by atoms with van der Waals surface area (Å²) in [6, 6.07) is 4.66. The molecule has 0 heterocycles. The number of sulfonamides is 1. The molecule has 0 spiro atoms. The second-order valence-electron chi connectivity index (χ2n) is 9.89. The van der Waals surface area contributed by atoms with Crippen LogP contribution >= 0.6 is 0 Å². The van der Waals surface area contributed by atoms with Crippen molar-refractivity contribution in [2.45, 2.75) is 45.4 Å². The Morgan fingerprint density at radius 1 is 1.10 bits per heavy atom. The molecule has 30 heavy (non-hydrogen) atoms. The van der Waals surface area contributed by atoms with Crippen LogP contribution in [-0.4, -0.2) is 45.0 Å². The van der Waals surface area contributed by atoms with Gasteiger partial charge in [0.05, 0.1) is 17.5 Å². The molecule has 0 aromatic heterocycles. The summed E-state index contributed by atoms with van der Waals surface area (Å²) in [4.78, 5) is 26.6. The van der Waals surface area contributed by atoms with E-state index in [-0.39, 0.29) is 28.5 Å². The highest BCUT2D eigenvalue weighted by Gasteiger charge is 2.51. The predicted molar refractivity (Wildman–Crippen MR) is 117 cm³/mol. The van der Waals surface area contributed by atoms with Crippen LogP contribution in [0.3, 0.4) is 0 Å². The molecule has 0 saturated heterocycles. The van der Waals surface area contributed by atoms with E-state index in [1.165, 1.54) is 51.5 Å². The summed E-state index contributed by atoms with van der Waals surface area (Å²) in [6.07, 6.45) is 8.67. The van der Waals surface area contributed by atoms with Crippen LogP contribution in [0.4, 0.5) is 11.4 Å². The molecule has 0 atom stereocenters. The summed E-state index contributed by atoms with van der Waals surface area (Å²) >= 11 is 0. The van der Waals surface area contributed by atoms with Gasteiger partial charge >= 0.3 is 0 Å². The van der Waals surface area contributed by atoms with Gasteiger partial charge in [-0.1, -0.05) is 0 Å². The zero-order valence-electron chi connectivity index (χ0n) is 17.9. The standard InChI is InChI=1S/C22H31N3O4S/c1-14(26)23-18-4-5-20(24-30(3,28)29)19(9-18)21(27)25(2)13-22-10-15-6-16(11-22)8-17(7-15)12-22/h4-5,9,15-17,24H,6-8,10-13H2,1-3H3,(H,23,26). The second-order valence-corrected chi connectivity index (χ2v) is 11.6. The van der Waals surface area contributed by atoms with Crippen molar-refractivity contribution < 1.29 is 18.0 Å². The van der Waals surface area contributed by atoms with E-state index in [0.29, 0.717) is 12.2 Å². The highest BCUT2D eigenvalue weighted by atomic mass is 32.2. The summed E-state index contributed by atoms with van der Waals surface area (Å²) in [6.45, 7) is 2.08. The minimum absolute atomic E-state index is 0.193. The van der Waals surface area contributed by atoms with Crippen molar-refractivity contribution in [1.82, 2.24) is 4.90 Å². The highest BCUT2D eigenvalue weighted by Crippen LogP contribution is 2.60. The van der Waals surface area contributed by atoms with E-state index in [1.807, 2.05) is 0 Å². The van der Waals surface area contributed by atoms with Crippen molar-refractivity contribution in [3.05, 3.63) is 23.8 Å². The first kappa shape index (κ1) is 21.2. The average Bonchev–Trinajstić information content (AvgIpc) is 2.59. The third-order valence-electron chi connectivity index (χ3n) is 6.95. The summed E-state index contributed by atoms with van der Waals surface area (Å²) in [5.74, 6) is 1.91. The summed E-state index contributed by atoms with van der Waals surface area (Å²) in [7, 11) is -1.74. The SMILES string of the molecule is CC(=O)Nc1ccc(NS(C)(=O)=O)c(C(=O)N(C)CC23CC4CC(CC(C4)C2)C3)c1. The average molecular weight is 434 g/mol. The van der Waals surface area contributed by atoms with Gasteiger partial charge in [-0.05, 0) is 79.9 Å². The normalized spacial score (nSPS) is 29.5. The molecule has 2 N–H and O–H groups in total. The molecule has 0 radical (unpaired) electrons. The number of hydrogen-bond donors (Lipinski definition) is 2. The molecule has 2 amide bonds. The molecule has 0 aliphatic heterocycles. The third kappa shape index (κ3) is 4.48. The number of nitrogens with zero attached hydrogens (tertiary/aromatic N) is 1. The summed E-state index contributed by atoms with van der Waals surface area (Å²) in [5, 5.41) is 2.67. The lowest BCUT2D eigenvalue weighted by Crippen LogP contribution is -2.51. The van der Waals surface area contributed by atoms with Crippen LogP contribution in [0.15, 0.2) is 18.2 Å². The van der Waals surface area contributed by atoms with E-state index < -0.39 is 10.0 Å². The Morgan fingerprint density at radius 3 is 2.17 bits per heavy atom. The Bertz CT molecular complexity index is 937. The van der Waals surface area contributed by atoms with Crippen molar-refractivity contribution >= 4 is 33.2 Å². The lowest BCUT2D eigenvalue weighted by atomic mass is 9.49. The molecule has 164 valence electrons. The molecule has 4 aliphatic carbocycles. The van der Waals surface area contributed by atoms with Crippen molar-refractivity contribution in [1.29, 1.82) is 0 Å². The van der Waals surface area contributed by atoms with E-state index in [2.05, 4.69) is 10.0 Å². The molecular weight excluding hydrogens is 402 g/mol. The Morgan fingerprint density at radius 2 is 1.67 bits per heavy atom. The fourth-order valence-electron chi connectivity index (χ4n) is 6.56. The zero-order chi connectivity index (χ0) is 21.7. The maximum atomic E-state index is 13.4. The van der Waals surface area contributed by atoms with Crippen LogP contribution in [0.5, 0.6) is 0 Å². The van der Waals surface area contributed by atoms with Crippen molar-refractivity contribution in [2.75, 3.05) is 29.9 Å².